The van der Waals surface area contributed by atoms with Crippen molar-refractivity contribution >= 4 is 0 Å². The summed E-state index contributed by atoms with van der Waals surface area (Å²) in [7, 11) is 0. The Hall–Kier alpha value is -0.300. The average molecular weight is 209 g/mol. The normalized spacial score (nSPS) is 22.9. The summed E-state index contributed by atoms with van der Waals surface area (Å²) in [5.41, 5.74) is 0. The second-order valence-electron chi connectivity index (χ2n) is 4.81. The standard InChI is InChI=1S/C14H27N/c1-3-5-11-14(4-2)15-12-13-9-7-6-8-10-13/h6-7,13-15H,3-5,8-12H2,1-2H3. The van der Waals surface area contributed by atoms with Gasteiger partial charge in [0.15, 0.2) is 0 Å². The van der Waals surface area contributed by atoms with Crippen LogP contribution in [0.4, 0.5) is 0 Å². The maximum Gasteiger partial charge on any atom is 0.00645 e. The van der Waals surface area contributed by atoms with Gasteiger partial charge in [0, 0.05) is 6.04 Å². The molecule has 1 aliphatic carbocycles. The Morgan fingerprint density at radius 3 is 2.80 bits per heavy atom. The van der Waals surface area contributed by atoms with Gasteiger partial charge in [0.1, 0.15) is 0 Å². The number of rotatable bonds is 7. The Bertz CT molecular complexity index is 174. The van der Waals surface area contributed by atoms with Gasteiger partial charge in [-0.3, -0.25) is 0 Å². The second-order valence-corrected chi connectivity index (χ2v) is 4.81. The molecule has 1 N–H and O–H groups in total. The van der Waals surface area contributed by atoms with Crippen LogP contribution in [0, 0.1) is 5.92 Å². The molecule has 15 heavy (non-hydrogen) atoms. The molecule has 0 aromatic heterocycles. The van der Waals surface area contributed by atoms with E-state index in [2.05, 4.69) is 31.3 Å². The third-order valence-corrected chi connectivity index (χ3v) is 3.47. The number of allylic oxidation sites excluding steroid dienone is 2. The topological polar surface area (TPSA) is 12.0 Å². The van der Waals surface area contributed by atoms with Gasteiger partial charge >= 0.3 is 0 Å². The molecule has 0 amide bonds. The summed E-state index contributed by atoms with van der Waals surface area (Å²) >= 11 is 0. The Morgan fingerprint density at radius 2 is 2.20 bits per heavy atom. The lowest BCUT2D eigenvalue weighted by molar-refractivity contribution is 0.379. The minimum atomic E-state index is 0.760. The van der Waals surface area contributed by atoms with Crippen molar-refractivity contribution in [1.29, 1.82) is 0 Å². The monoisotopic (exact) mass is 209 g/mol. The van der Waals surface area contributed by atoms with Gasteiger partial charge in [-0.2, -0.15) is 0 Å². The zero-order valence-electron chi connectivity index (χ0n) is 10.5. The van der Waals surface area contributed by atoms with E-state index in [1.807, 2.05) is 0 Å². The molecular weight excluding hydrogens is 182 g/mol. The summed E-state index contributed by atoms with van der Waals surface area (Å²) in [6.45, 7) is 5.80. The fourth-order valence-corrected chi connectivity index (χ4v) is 2.28. The number of unbranched alkanes of at least 4 members (excludes halogenated alkanes) is 1. The fourth-order valence-electron chi connectivity index (χ4n) is 2.28. The first-order chi connectivity index (χ1) is 7.36. The molecule has 0 saturated heterocycles. The molecule has 0 fully saturated rings. The van der Waals surface area contributed by atoms with Crippen molar-refractivity contribution in [3.8, 4) is 0 Å². The molecule has 1 heteroatoms. The zero-order chi connectivity index (χ0) is 10.9. The van der Waals surface area contributed by atoms with E-state index in [-0.39, 0.29) is 0 Å². The zero-order valence-corrected chi connectivity index (χ0v) is 10.5. The van der Waals surface area contributed by atoms with E-state index in [0.717, 1.165) is 12.0 Å². The molecule has 0 heterocycles. The van der Waals surface area contributed by atoms with E-state index in [4.69, 9.17) is 0 Å². The van der Waals surface area contributed by atoms with Gasteiger partial charge in [-0.15, -0.1) is 0 Å². The maximum absolute atomic E-state index is 3.74. The van der Waals surface area contributed by atoms with Crippen LogP contribution in [0.5, 0.6) is 0 Å². The molecule has 0 saturated carbocycles. The first-order valence-corrected chi connectivity index (χ1v) is 6.75. The van der Waals surface area contributed by atoms with E-state index < -0.39 is 0 Å². The van der Waals surface area contributed by atoms with Crippen LogP contribution in [0.1, 0.15) is 58.8 Å². The van der Waals surface area contributed by atoms with Crippen LogP contribution in [-0.2, 0) is 0 Å². The van der Waals surface area contributed by atoms with Crippen molar-refractivity contribution in [3.63, 3.8) is 0 Å². The summed E-state index contributed by atoms with van der Waals surface area (Å²) < 4.78 is 0. The van der Waals surface area contributed by atoms with Crippen LogP contribution < -0.4 is 5.32 Å². The summed E-state index contributed by atoms with van der Waals surface area (Å²) in [5, 5.41) is 3.74. The average Bonchev–Trinajstić information content (AvgIpc) is 2.31. The highest BCUT2D eigenvalue weighted by molar-refractivity contribution is 4.90. The molecule has 88 valence electrons. The van der Waals surface area contributed by atoms with Crippen molar-refractivity contribution in [2.24, 2.45) is 5.92 Å². The van der Waals surface area contributed by atoms with Crippen LogP contribution in [-0.4, -0.2) is 12.6 Å². The van der Waals surface area contributed by atoms with E-state index in [1.165, 1.54) is 51.5 Å². The molecule has 0 spiro atoms. The lowest BCUT2D eigenvalue weighted by atomic mass is 9.94. The quantitative estimate of drug-likeness (QED) is 0.627. The Kier molecular flexibility index (Phi) is 6.74. The number of hydrogen-bond acceptors (Lipinski definition) is 1. The van der Waals surface area contributed by atoms with Gasteiger partial charge in [-0.05, 0) is 44.6 Å². The molecular formula is C14H27N. The molecule has 1 rings (SSSR count). The van der Waals surface area contributed by atoms with E-state index in [1.54, 1.807) is 0 Å². The minimum Gasteiger partial charge on any atom is -0.314 e. The fraction of sp³-hybridized carbons (Fsp3) is 0.857. The minimum absolute atomic E-state index is 0.760. The molecule has 1 aliphatic rings. The highest BCUT2D eigenvalue weighted by Gasteiger charge is 2.11. The second kappa shape index (κ2) is 7.92. The molecule has 0 aromatic carbocycles. The maximum atomic E-state index is 3.74. The molecule has 0 aromatic rings. The van der Waals surface area contributed by atoms with E-state index in [9.17, 15) is 0 Å². The van der Waals surface area contributed by atoms with Gasteiger partial charge in [-0.25, -0.2) is 0 Å². The van der Waals surface area contributed by atoms with Crippen LogP contribution in [0.2, 0.25) is 0 Å². The molecule has 0 radical (unpaired) electrons. The number of nitrogens with one attached hydrogen (secondary N) is 1. The van der Waals surface area contributed by atoms with Crippen molar-refractivity contribution in [3.05, 3.63) is 12.2 Å². The van der Waals surface area contributed by atoms with Gasteiger partial charge in [-0.1, -0.05) is 38.8 Å². The summed E-state index contributed by atoms with van der Waals surface area (Å²) in [5.74, 6) is 0.894. The van der Waals surface area contributed by atoms with Crippen LogP contribution in [0.3, 0.4) is 0 Å². The van der Waals surface area contributed by atoms with Gasteiger partial charge in [0.25, 0.3) is 0 Å². The van der Waals surface area contributed by atoms with Crippen LogP contribution in [0.25, 0.3) is 0 Å². The van der Waals surface area contributed by atoms with Crippen molar-refractivity contribution < 1.29 is 0 Å². The summed E-state index contributed by atoms with van der Waals surface area (Å²) in [6, 6.07) is 0.760. The molecule has 1 nitrogen and oxygen atoms in total. The third kappa shape index (κ3) is 5.36. The van der Waals surface area contributed by atoms with Crippen LogP contribution in [0.15, 0.2) is 12.2 Å². The number of hydrogen-bond donors (Lipinski definition) is 1. The summed E-state index contributed by atoms with van der Waals surface area (Å²) in [6.07, 6.45) is 14.0. The Morgan fingerprint density at radius 1 is 1.33 bits per heavy atom. The molecule has 0 bridgehead atoms. The van der Waals surface area contributed by atoms with Crippen molar-refractivity contribution in [2.75, 3.05) is 6.54 Å². The highest BCUT2D eigenvalue weighted by atomic mass is 14.9. The van der Waals surface area contributed by atoms with Gasteiger partial charge in [0.05, 0.1) is 0 Å². The van der Waals surface area contributed by atoms with Crippen LogP contribution >= 0.6 is 0 Å². The first-order valence-electron chi connectivity index (χ1n) is 6.75. The smallest absolute Gasteiger partial charge is 0.00645 e. The van der Waals surface area contributed by atoms with Gasteiger partial charge < -0.3 is 5.32 Å². The first kappa shape index (κ1) is 12.8. The Balaban J connectivity index is 2.12. The molecule has 0 aliphatic heterocycles. The SMILES string of the molecule is CCCCC(CC)NCC1CC=CCC1. The lowest BCUT2D eigenvalue weighted by Gasteiger charge is -2.22. The predicted octanol–water partition coefficient (Wildman–Crippen LogP) is 3.90. The highest BCUT2D eigenvalue weighted by Crippen LogP contribution is 2.17. The van der Waals surface area contributed by atoms with Crippen molar-refractivity contribution in [2.45, 2.75) is 64.8 Å². The van der Waals surface area contributed by atoms with E-state index >= 15 is 0 Å². The van der Waals surface area contributed by atoms with Gasteiger partial charge in [0.2, 0.25) is 0 Å². The predicted molar refractivity (Wildman–Crippen MR) is 68.1 cm³/mol. The largest absolute Gasteiger partial charge is 0.314 e. The Labute approximate surface area is 95.3 Å². The molecule has 2 atom stereocenters. The van der Waals surface area contributed by atoms with Crippen molar-refractivity contribution in [1.82, 2.24) is 5.32 Å². The third-order valence-electron chi connectivity index (χ3n) is 3.47. The summed E-state index contributed by atoms with van der Waals surface area (Å²) in [4.78, 5) is 0. The molecule has 2 unspecified atom stereocenters. The van der Waals surface area contributed by atoms with E-state index in [0.29, 0.717) is 0 Å². The lowest BCUT2D eigenvalue weighted by Crippen LogP contribution is -2.33.